The van der Waals surface area contributed by atoms with Gasteiger partial charge in [0.1, 0.15) is 4.21 Å². The first-order chi connectivity index (χ1) is 11.5. The van der Waals surface area contributed by atoms with Gasteiger partial charge in [-0.25, -0.2) is 13.1 Å². The van der Waals surface area contributed by atoms with E-state index < -0.39 is 10.0 Å². The van der Waals surface area contributed by atoms with Crippen LogP contribution in [0.4, 0.5) is 0 Å². The minimum Gasteiger partial charge on any atom is -0.376 e. The van der Waals surface area contributed by atoms with Crippen LogP contribution in [0, 0.1) is 0 Å². The first-order valence-electron chi connectivity index (χ1n) is 7.90. The van der Waals surface area contributed by atoms with Crippen molar-refractivity contribution in [3.63, 3.8) is 0 Å². The fourth-order valence-corrected chi connectivity index (χ4v) is 4.76. The lowest BCUT2D eigenvalue weighted by Crippen LogP contribution is -2.41. The summed E-state index contributed by atoms with van der Waals surface area (Å²) in [6.45, 7) is 4.80. The van der Waals surface area contributed by atoms with Crippen molar-refractivity contribution in [3.8, 4) is 0 Å². The second-order valence-corrected chi connectivity index (χ2v) is 8.95. The minimum absolute atomic E-state index is 0.183. The number of ether oxygens (including phenoxy) is 1. The Hall–Kier alpha value is -0.870. The van der Waals surface area contributed by atoms with Crippen molar-refractivity contribution in [2.75, 3.05) is 32.8 Å². The molecule has 1 aliphatic rings. The van der Waals surface area contributed by atoms with E-state index in [9.17, 15) is 8.42 Å². The Labute approximate surface area is 151 Å². The molecule has 0 aliphatic carbocycles. The summed E-state index contributed by atoms with van der Waals surface area (Å²) in [5.41, 5.74) is 0. The van der Waals surface area contributed by atoms with Gasteiger partial charge in [0.05, 0.1) is 17.0 Å². The van der Waals surface area contributed by atoms with E-state index in [4.69, 9.17) is 16.3 Å². The molecule has 10 heteroatoms. The highest BCUT2D eigenvalue weighted by atomic mass is 35.5. The molecular weight excluding hydrogens is 372 g/mol. The zero-order valence-electron chi connectivity index (χ0n) is 13.5. The molecule has 1 atom stereocenters. The summed E-state index contributed by atoms with van der Waals surface area (Å²) >= 11 is 6.81. The maximum Gasteiger partial charge on any atom is 0.250 e. The van der Waals surface area contributed by atoms with E-state index in [2.05, 4.69) is 20.3 Å². The van der Waals surface area contributed by atoms with Crippen molar-refractivity contribution in [3.05, 3.63) is 16.5 Å². The molecule has 1 fully saturated rings. The third-order valence-electron chi connectivity index (χ3n) is 3.34. The molecule has 1 aromatic rings. The van der Waals surface area contributed by atoms with Crippen molar-refractivity contribution in [2.45, 2.75) is 30.1 Å². The second-order valence-electron chi connectivity index (χ2n) is 5.24. The van der Waals surface area contributed by atoms with E-state index in [0.717, 1.165) is 37.3 Å². The summed E-state index contributed by atoms with van der Waals surface area (Å²) in [4.78, 5) is 4.47. The zero-order valence-corrected chi connectivity index (χ0v) is 15.9. The van der Waals surface area contributed by atoms with E-state index in [0.29, 0.717) is 23.4 Å². The van der Waals surface area contributed by atoms with Crippen molar-refractivity contribution in [2.24, 2.45) is 4.99 Å². The lowest BCUT2D eigenvalue weighted by atomic mass is 10.2. The predicted octanol–water partition coefficient (Wildman–Crippen LogP) is 1.41. The summed E-state index contributed by atoms with van der Waals surface area (Å²) in [5.74, 6) is 0.659. The quantitative estimate of drug-likeness (QED) is 0.352. The number of hydrogen-bond acceptors (Lipinski definition) is 5. The van der Waals surface area contributed by atoms with Crippen molar-refractivity contribution < 1.29 is 13.2 Å². The van der Waals surface area contributed by atoms with Crippen LogP contribution >= 0.6 is 22.9 Å². The SMILES string of the molecule is CCNC(=NCC1CCCO1)NCCNS(=O)(=O)c1ccc(Cl)s1. The molecule has 0 saturated carbocycles. The van der Waals surface area contributed by atoms with Crippen LogP contribution in [-0.4, -0.2) is 53.3 Å². The Balaban J connectivity index is 1.76. The summed E-state index contributed by atoms with van der Waals surface area (Å²) in [6, 6.07) is 3.07. The van der Waals surface area contributed by atoms with Crippen LogP contribution in [0.1, 0.15) is 19.8 Å². The first-order valence-corrected chi connectivity index (χ1v) is 10.6. The molecule has 0 spiro atoms. The van der Waals surface area contributed by atoms with Gasteiger partial charge >= 0.3 is 0 Å². The molecule has 1 aliphatic heterocycles. The van der Waals surface area contributed by atoms with Crippen LogP contribution in [0.15, 0.2) is 21.3 Å². The minimum atomic E-state index is -3.51. The smallest absolute Gasteiger partial charge is 0.250 e. The maximum absolute atomic E-state index is 12.1. The molecule has 2 rings (SSSR count). The van der Waals surface area contributed by atoms with Gasteiger partial charge in [0, 0.05) is 26.2 Å². The number of sulfonamides is 1. The van der Waals surface area contributed by atoms with Gasteiger partial charge in [0.15, 0.2) is 5.96 Å². The van der Waals surface area contributed by atoms with Gasteiger partial charge in [0.25, 0.3) is 0 Å². The molecule has 1 saturated heterocycles. The average Bonchev–Trinajstić information content (AvgIpc) is 3.20. The molecular formula is C14H23ClN4O3S2. The lowest BCUT2D eigenvalue weighted by molar-refractivity contribution is 0.117. The van der Waals surface area contributed by atoms with Crippen LogP contribution in [0.2, 0.25) is 4.34 Å². The molecule has 136 valence electrons. The first kappa shape index (κ1) is 19.5. The van der Waals surface area contributed by atoms with Crippen LogP contribution in [0.3, 0.4) is 0 Å². The van der Waals surface area contributed by atoms with Gasteiger partial charge in [0.2, 0.25) is 10.0 Å². The Morgan fingerprint density at radius 2 is 2.25 bits per heavy atom. The number of thiophene rings is 1. The van der Waals surface area contributed by atoms with E-state index in [1.165, 1.54) is 6.07 Å². The average molecular weight is 395 g/mol. The summed E-state index contributed by atoms with van der Waals surface area (Å²) in [5, 5.41) is 6.24. The number of halogens is 1. The Morgan fingerprint density at radius 1 is 1.42 bits per heavy atom. The Morgan fingerprint density at radius 3 is 2.88 bits per heavy atom. The van der Waals surface area contributed by atoms with Crippen molar-refractivity contribution >= 4 is 38.9 Å². The van der Waals surface area contributed by atoms with E-state index in [1.807, 2.05) is 6.92 Å². The molecule has 2 heterocycles. The second kappa shape index (κ2) is 9.57. The third kappa shape index (κ3) is 6.21. The number of aliphatic imine (C=N–C) groups is 1. The topological polar surface area (TPSA) is 91.8 Å². The molecule has 0 bridgehead atoms. The summed E-state index contributed by atoms with van der Waals surface area (Å²) in [6.07, 6.45) is 2.30. The number of nitrogens with zero attached hydrogens (tertiary/aromatic N) is 1. The van der Waals surface area contributed by atoms with Gasteiger partial charge in [-0.3, -0.25) is 4.99 Å². The van der Waals surface area contributed by atoms with Gasteiger partial charge < -0.3 is 15.4 Å². The van der Waals surface area contributed by atoms with Gasteiger partial charge in [-0.2, -0.15) is 0 Å². The summed E-state index contributed by atoms with van der Waals surface area (Å²) in [7, 11) is -3.51. The summed E-state index contributed by atoms with van der Waals surface area (Å²) < 4.78 is 32.9. The largest absolute Gasteiger partial charge is 0.376 e. The highest BCUT2D eigenvalue weighted by Crippen LogP contribution is 2.25. The molecule has 7 nitrogen and oxygen atoms in total. The predicted molar refractivity (Wildman–Crippen MR) is 97.5 cm³/mol. The number of rotatable bonds is 8. The molecule has 1 unspecified atom stereocenters. The van der Waals surface area contributed by atoms with Crippen molar-refractivity contribution in [1.82, 2.24) is 15.4 Å². The van der Waals surface area contributed by atoms with E-state index in [1.54, 1.807) is 6.07 Å². The molecule has 0 amide bonds. The number of hydrogen-bond donors (Lipinski definition) is 3. The molecule has 1 aromatic heterocycles. The Bertz CT molecular complexity index is 642. The van der Waals surface area contributed by atoms with Gasteiger partial charge in [-0.1, -0.05) is 11.6 Å². The monoisotopic (exact) mass is 394 g/mol. The maximum atomic E-state index is 12.1. The molecule has 24 heavy (non-hydrogen) atoms. The standard InChI is InChI=1S/C14H23ClN4O3S2/c1-2-16-14(18-10-11-4-3-9-22-11)17-7-8-19-24(20,21)13-6-5-12(15)23-13/h5-6,11,19H,2-4,7-10H2,1H3,(H2,16,17,18). The zero-order chi connectivity index (χ0) is 17.4. The van der Waals surface area contributed by atoms with Gasteiger partial charge in [-0.15, -0.1) is 11.3 Å². The molecule has 0 radical (unpaired) electrons. The van der Waals surface area contributed by atoms with Crippen molar-refractivity contribution in [1.29, 1.82) is 0 Å². The fourth-order valence-electron chi connectivity index (χ4n) is 2.20. The lowest BCUT2D eigenvalue weighted by Gasteiger charge is -2.13. The number of nitrogens with one attached hydrogen (secondary N) is 3. The van der Waals surface area contributed by atoms with Crippen LogP contribution < -0.4 is 15.4 Å². The van der Waals surface area contributed by atoms with Gasteiger partial charge in [-0.05, 0) is 31.9 Å². The fraction of sp³-hybridized carbons (Fsp3) is 0.643. The molecule has 3 N–H and O–H groups in total. The van der Waals surface area contributed by atoms with E-state index in [-0.39, 0.29) is 16.9 Å². The normalized spacial score (nSPS) is 18.8. The molecule has 0 aromatic carbocycles. The van der Waals surface area contributed by atoms with Crippen LogP contribution in [-0.2, 0) is 14.8 Å². The number of guanidine groups is 1. The van der Waals surface area contributed by atoms with Crippen LogP contribution in [0.5, 0.6) is 0 Å². The Kier molecular flexibility index (Phi) is 7.76. The highest BCUT2D eigenvalue weighted by molar-refractivity contribution is 7.91. The van der Waals surface area contributed by atoms with Crippen LogP contribution in [0.25, 0.3) is 0 Å². The highest BCUT2D eigenvalue weighted by Gasteiger charge is 2.16. The third-order valence-corrected chi connectivity index (χ3v) is 6.53. The van der Waals surface area contributed by atoms with E-state index >= 15 is 0 Å².